The first-order valence-electron chi connectivity index (χ1n) is 9.53. The summed E-state index contributed by atoms with van der Waals surface area (Å²) >= 11 is 0. The molecule has 2 heterocycles. The van der Waals surface area contributed by atoms with Gasteiger partial charge >= 0.3 is 0 Å². The molecule has 1 aromatic carbocycles. The molecular formula is C20H28N4O3. The molecule has 1 aromatic rings. The molecule has 2 saturated heterocycles. The first kappa shape index (κ1) is 19.4. The number of carbonyl (C=O) groups is 3. The van der Waals surface area contributed by atoms with Gasteiger partial charge in [0.2, 0.25) is 11.8 Å². The third kappa shape index (κ3) is 4.30. The Balaban J connectivity index is 1.75. The maximum absolute atomic E-state index is 13.1. The van der Waals surface area contributed by atoms with Crippen LogP contribution in [0.3, 0.4) is 0 Å². The second-order valence-corrected chi connectivity index (χ2v) is 7.50. The Bertz CT molecular complexity index is 741. The van der Waals surface area contributed by atoms with Gasteiger partial charge < -0.3 is 20.0 Å². The maximum atomic E-state index is 13.1. The summed E-state index contributed by atoms with van der Waals surface area (Å²) in [6, 6.07) is 4.91. The van der Waals surface area contributed by atoms with Gasteiger partial charge in [-0.15, -0.1) is 0 Å². The van der Waals surface area contributed by atoms with E-state index in [2.05, 4.69) is 17.3 Å². The highest BCUT2D eigenvalue weighted by molar-refractivity contribution is 6.00. The van der Waals surface area contributed by atoms with Crippen LogP contribution >= 0.6 is 0 Å². The molecule has 0 spiro atoms. The molecule has 7 heteroatoms. The number of piperazine rings is 1. The van der Waals surface area contributed by atoms with E-state index in [9.17, 15) is 14.4 Å². The van der Waals surface area contributed by atoms with Gasteiger partial charge in [-0.05, 0) is 44.5 Å². The molecule has 0 bridgehead atoms. The third-order valence-electron chi connectivity index (χ3n) is 5.41. The molecule has 2 aliphatic heterocycles. The fraction of sp³-hybridized carbons (Fsp3) is 0.550. The molecule has 0 aliphatic carbocycles. The lowest BCUT2D eigenvalue weighted by atomic mass is 10.1. The van der Waals surface area contributed by atoms with E-state index in [0.29, 0.717) is 37.3 Å². The smallest absolute Gasteiger partial charge is 0.254 e. The summed E-state index contributed by atoms with van der Waals surface area (Å²) in [5, 5.41) is 2.76. The normalized spacial score (nSPS) is 20.6. The van der Waals surface area contributed by atoms with Crippen molar-refractivity contribution in [2.45, 2.75) is 32.7 Å². The fourth-order valence-corrected chi connectivity index (χ4v) is 3.75. The molecule has 2 aliphatic rings. The Morgan fingerprint density at radius 1 is 1.07 bits per heavy atom. The van der Waals surface area contributed by atoms with Crippen molar-refractivity contribution in [3.8, 4) is 0 Å². The Morgan fingerprint density at radius 2 is 1.78 bits per heavy atom. The lowest BCUT2D eigenvalue weighted by Crippen LogP contribution is -2.53. The highest BCUT2D eigenvalue weighted by Gasteiger charge is 2.37. The van der Waals surface area contributed by atoms with Crippen LogP contribution in [0.1, 0.15) is 35.7 Å². The van der Waals surface area contributed by atoms with Crippen molar-refractivity contribution in [3.63, 3.8) is 0 Å². The zero-order valence-electron chi connectivity index (χ0n) is 16.3. The van der Waals surface area contributed by atoms with Gasteiger partial charge in [-0.3, -0.25) is 14.4 Å². The Hall–Kier alpha value is -2.41. The van der Waals surface area contributed by atoms with Gasteiger partial charge in [0.05, 0.1) is 0 Å². The van der Waals surface area contributed by atoms with Crippen LogP contribution in [-0.2, 0) is 9.59 Å². The Kier molecular flexibility index (Phi) is 5.79. The maximum Gasteiger partial charge on any atom is 0.254 e. The van der Waals surface area contributed by atoms with E-state index < -0.39 is 0 Å². The Labute approximate surface area is 160 Å². The zero-order chi connectivity index (χ0) is 19.6. The van der Waals surface area contributed by atoms with Crippen LogP contribution < -0.4 is 5.32 Å². The molecule has 1 N–H and O–H groups in total. The number of nitrogens with one attached hydrogen (secondary N) is 1. The molecule has 1 unspecified atom stereocenters. The van der Waals surface area contributed by atoms with E-state index in [1.807, 2.05) is 17.9 Å². The number of carbonyl (C=O) groups excluding carboxylic acids is 3. The predicted octanol–water partition coefficient (Wildman–Crippen LogP) is 1.33. The SMILES string of the molecule is CC(=O)Nc1cc(C(=O)N2CCCC2C(=O)N2CCN(C)CC2)ccc1C. The molecule has 7 nitrogen and oxygen atoms in total. The fourth-order valence-electron chi connectivity index (χ4n) is 3.75. The quantitative estimate of drug-likeness (QED) is 0.869. The summed E-state index contributed by atoms with van der Waals surface area (Å²) in [7, 11) is 2.05. The number of nitrogens with zero attached hydrogens (tertiary/aromatic N) is 3. The van der Waals surface area contributed by atoms with Crippen LogP contribution in [0.4, 0.5) is 5.69 Å². The van der Waals surface area contributed by atoms with Crippen molar-refractivity contribution in [1.82, 2.24) is 14.7 Å². The minimum Gasteiger partial charge on any atom is -0.338 e. The van der Waals surface area contributed by atoms with Crippen molar-refractivity contribution in [3.05, 3.63) is 29.3 Å². The van der Waals surface area contributed by atoms with Crippen molar-refractivity contribution >= 4 is 23.4 Å². The van der Waals surface area contributed by atoms with Crippen LogP contribution in [0.5, 0.6) is 0 Å². The van der Waals surface area contributed by atoms with Crippen LogP contribution in [0.15, 0.2) is 18.2 Å². The number of amides is 3. The van der Waals surface area contributed by atoms with E-state index in [4.69, 9.17) is 0 Å². The highest BCUT2D eigenvalue weighted by Crippen LogP contribution is 2.25. The summed E-state index contributed by atoms with van der Waals surface area (Å²) in [5.41, 5.74) is 2.03. The molecule has 0 saturated carbocycles. The van der Waals surface area contributed by atoms with Gasteiger partial charge in [0.15, 0.2) is 0 Å². The lowest BCUT2D eigenvalue weighted by Gasteiger charge is -2.35. The number of benzene rings is 1. The van der Waals surface area contributed by atoms with E-state index in [0.717, 1.165) is 25.1 Å². The number of hydrogen-bond donors (Lipinski definition) is 1. The molecule has 1 atom stereocenters. The summed E-state index contributed by atoms with van der Waals surface area (Å²) in [6.07, 6.45) is 1.54. The zero-order valence-corrected chi connectivity index (χ0v) is 16.3. The lowest BCUT2D eigenvalue weighted by molar-refractivity contribution is -0.136. The molecule has 146 valence electrons. The minimum absolute atomic E-state index is 0.0585. The van der Waals surface area contributed by atoms with Crippen LogP contribution in [0.25, 0.3) is 0 Å². The van der Waals surface area contributed by atoms with Crippen LogP contribution in [0, 0.1) is 6.92 Å². The van der Waals surface area contributed by atoms with Gasteiger partial charge in [0.25, 0.3) is 5.91 Å². The first-order chi connectivity index (χ1) is 12.9. The van der Waals surface area contributed by atoms with E-state index >= 15 is 0 Å². The van der Waals surface area contributed by atoms with Crippen molar-refractivity contribution in [2.75, 3.05) is 45.1 Å². The summed E-state index contributed by atoms with van der Waals surface area (Å²) in [5.74, 6) is -0.262. The number of likely N-dealkylation sites (N-methyl/N-ethyl adjacent to an activating group) is 1. The van der Waals surface area contributed by atoms with E-state index in [1.54, 1.807) is 17.0 Å². The summed E-state index contributed by atoms with van der Waals surface area (Å²) < 4.78 is 0. The van der Waals surface area contributed by atoms with Gasteiger partial charge in [-0.1, -0.05) is 6.07 Å². The number of hydrogen-bond acceptors (Lipinski definition) is 4. The number of likely N-dealkylation sites (tertiary alicyclic amines) is 1. The van der Waals surface area contributed by atoms with Crippen molar-refractivity contribution < 1.29 is 14.4 Å². The third-order valence-corrected chi connectivity index (χ3v) is 5.41. The van der Waals surface area contributed by atoms with Gasteiger partial charge in [-0.2, -0.15) is 0 Å². The van der Waals surface area contributed by atoms with Crippen molar-refractivity contribution in [2.24, 2.45) is 0 Å². The average molecular weight is 372 g/mol. The molecule has 0 aromatic heterocycles. The molecule has 3 amide bonds. The topological polar surface area (TPSA) is 73.0 Å². The van der Waals surface area contributed by atoms with Gasteiger partial charge in [0.1, 0.15) is 6.04 Å². The van der Waals surface area contributed by atoms with Crippen LogP contribution in [-0.4, -0.2) is 78.2 Å². The molecule has 3 rings (SSSR count). The molecule has 27 heavy (non-hydrogen) atoms. The Morgan fingerprint density at radius 3 is 2.44 bits per heavy atom. The monoisotopic (exact) mass is 372 g/mol. The molecule has 2 fully saturated rings. The van der Waals surface area contributed by atoms with E-state index in [-0.39, 0.29) is 23.8 Å². The second-order valence-electron chi connectivity index (χ2n) is 7.50. The van der Waals surface area contributed by atoms with Gasteiger partial charge in [0, 0.05) is 50.9 Å². The largest absolute Gasteiger partial charge is 0.338 e. The predicted molar refractivity (Wildman–Crippen MR) is 104 cm³/mol. The summed E-state index contributed by atoms with van der Waals surface area (Å²) in [6.45, 7) is 7.08. The average Bonchev–Trinajstić information content (AvgIpc) is 3.12. The van der Waals surface area contributed by atoms with E-state index in [1.165, 1.54) is 6.92 Å². The number of aryl methyl sites for hydroxylation is 1. The first-order valence-corrected chi connectivity index (χ1v) is 9.53. The minimum atomic E-state index is -0.383. The number of anilines is 1. The second kappa shape index (κ2) is 8.08. The molecular weight excluding hydrogens is 344 g/mol. The highest BCUT2D eigenvalue weighted by atomic mass is 16.2. The number of rotatable bonds is 3. The van der Waals surface area contributed by atoms with Gasteiger partial charge in [-0.25, -0.2) is 0 Å². The summed E-state index contributed by atoms with van der Waals surface area (Å²) in [4.78, 5) is 43.2. The molecule has 0 radical (unpaired) electrons. The standard InChI is InChI=1S/C20H28N4O3/c1-14-6-7-16(13-17(14)21-15(2)25)19(26)24-8-4-5-18(24)20(27)23-11-9-22(3)10-12-23/h6-7,13,18H,4-5,8-12H2,1-3H3,(H,21,25). The van der Waals surface area contributed by atoms with Crippen LogP contribution in [0.2, 0.25) is 0 Å². The van der Waals surface area contributed by atoms with Crippen molar-refractivity contribution in [1.29, 1.82) is 0 Å².